The van der Waals surface area contributed by atoms with Crippen molar-refractivity contribution in [1.82, 2.24) is 0 Å². The van der Waals surface area contributed by atoms with Crippen LogP contribution in [0.2, 0.25) is 0 Å². The molecule has 0 N–H and O–H groups in total. The van der Waals surface area contributed by atoms with E-state index in [9.17, 15) is 4.79 Å². The Labute approximate surface area is 171 Å². The van der Waals surface area contributed by atoms with Crippen molar-refractivity contribution in [2.24, 2.45) is 5.92 Å². The van der Waals surface area contributed by atoms with Crippen molar-refractivity contribution in [3.8, 4) is 0 Å². The first-order valence-corrected chi connectivity index (χ1v) is 12.3. The minimum atomic E-state index is 0.0118. The standard InChI is InChI=1S/C25H50O2/c1-4-5-6-7-8-9-10-11-12-13-14-17-20-23-27-25(26)22-19-16-15-18-21-24(2)3/h24H,4-23H2,1-3H3. The Morgan fingerprint density at radius 2 is 1.07 bits per heavy atom. The van der Waals surface area contributed by atoms with E-state index < -0.39 is 0 Å². The van der Waals surface area contributed by atoms with Gasteiger partial charge in [-0.2, -0.15) is 0 Å². The molecule has 0 amide bonds. The molecular weight excluding hydrogens is 332 g/mol. The Morgan fingerprint density at radius 3 is 1.59 bits per heavy atom. The van der Waals surface area contributed by atoms with Gasteiger partial charge < -0.3 is 4.74 Å². The normalized spacial score (nSPS) is 11.3. The summed E-state index contributed by atoms with van der Waals surface area (Å²) in [5.74, 6) is 0.813. The Balaban J connectivity index is 3.14. The largest absolute Gasteiger partial charge is 0.466 e. The van der Waals surface area contributed by atoms with Crippen molar-refractivity contribution >= 4 is 5.97 Å². The molecule has 27 heavy (non-hydrogen) atoms. The maximum Gasteiger partial charge on any atom is 0.305 e. The second-order valence-corrected chi connectivity index (χ2v) is 8.81. The number of hydrogen-bond acceptors (Lipinski definition) is 2. The van der Waals surface area contributed by atoms with Crippen LogP contribution in [0.4, 0.5) is 0 Å². The number of esters is 1. The van der Waals surface area contributed by atoms with E-state index in [-0.39, 0.29) is 5.97 Å². The van der Waals surface area contributed by atoms with Crippen LogP contribution in [-0.4, -0.2) is 12.6 Å². The van der Waals surface area contributed by atoms with Crippen molar-refractivity contribution in [1.29, 1.82) is 0 Å². The molecule has 0 atom stereocenters. The van der Waals surface area contributed by atoms with Gasteiger partial charge >= 0.3 is 5.97 Å². The lowest BCUT2D eigenvalue weighted by atomic mass is 10.0. The zero-order valence-corrected chi connectivity index (χ0v) is 19.0. The molecule has 0 aromatic rings. The molecule has 0 aromatic carbocycles. The molecule has 0 aliphatic rings. The summed E-state index contributed by atoms with van der Waals surface area (Å²) in [6, 6.07) is 0. The quantitative estimate of drug-likeness (QED) is 0.147. The molecule has 2 heteroatoms. The molecule has 0 unspecified atom stereocenters. The van der Waals surface area contributed by atoms with Gasteiger partial charge in [0.15, 0.2) is 0 Å². The van der Waals surface area contributed by atoms with Crippen molar-refractivity contribution in [3.63, 3.8) is 0 Å². The third-order valence-electron chi connectivity index (χ3n) is 5.42. The summed E-state index contributed by atoms with van der Waals surface area (Å²) in [5, 5.41) is 0. The van der Waals surface area contributed by atoms with Gasteiger partial charge in [-0.1, -0.05) is 124 Å². The van der Waals surface area contributed by atoms with E-state index in [1.54, 1.807) is 0 Å². The SMILES string of the molecule is CCCCCCCCCCCCCCCOC(=O)CCCCCCC(C)C. The summed E-state index contributed by atoms with van der Waals surface area (Å²) in [6.45, 7) is 7.45. The lowest BCUT2D eigenvalue weighted by Crippen LogP contribution is -2.05. The van der Waals surface area contributed by atoms with Gasteiger partial charge in [0.2, 0.25) is 0 Å². The van der Waals surface area contributed by atoms with Gasteiger partial charge in [-0.25, -0.2) is 0 Å². The van der Waals surface area contributed by atoms with Crippen LogP contribution in [0, 0.1) is 5.92 Å². The van der Waals surface area contributed by atoms with Crippen molar-refractivity contribution in [2.45, 2.75) is 143 Å². The molecule has 0 bridgehead atoms. The molecule has 2 nitrogen and oxygen atoms in total. The molecule has 0 aliphatic heterocycles. The second-order valence-electron chi connectivity index (χ2n) is 8.81. The van der Waals surface area contributed by atoms with Gasteiger partial charge in [-0.15, -0.1) is 0 Å². The number of rotatable bonds is 21. The molecule has 0 saturated carbocycles. The fourth-order valence-electron chi connectivity index (χ4n) is 3.55. The molecule has 0 aliphatic carbocycles. The van der Waals surface area contributed by atoms with Crippen LogP contribution >= 0.6 is 0 Å². The van der Waals surface area contributed by atoms with Gasteiger partial charge in [0.05, 0.1) is 6.61 Å². The highest BCUT2D eigenvalue weighted by Gasteiger charge is 2.03. The lowest BCUT2D eigenvalue weighted by Gasteiger charge is -2.06. The highest BCUT2D eigenvalue weighted by Crippen LogP contribution is 2.13. The fourth-order valence-corrected chi connectivity index (χ4v) is 3.55. The smallest absolute Gasteiger partial charge is 0.305 e. The summed E-state index contributed by atoms with van der Waals surface area (Å²) in [6.07, 6.45) is 24.2. The van der Waals surface area contributed by atoms with Crippen molar-refractivity contribution < 1.29 is 9.53 Å². The van der Waals surface area contributed by atoms with Crippen LogP contribution in [0.25, 0.3) is 0 Å². The van der Waals surface area contributed by atoms with E-state index in [4.69, 9.17) is 4.74 Å². The van der Waals surface area contributed by atoms with Crippen LogP contribution in [-0.2, 0) is 9.53 Å². The highest BCUT2D eigenvalue weighted by atomic mass is 16.5. The van der Waals surface area contributed by atoms with Crippen molar-refractivity contribution in [2.75, 3.05) is 6.61 Å². The molecule has 0 spiro atoms. The predicted molar refractivity (Wildman–Crippen MR) is 119 cm³/mol. The fraction of sp³-hybridized carbons (Fsp3) is 0.960. The van der Waals surface area contributed by atoms with Gasteiger partial charge in [-0.05, 0) is 18.8 Å². The first-order chi connectivity index (χ1) is 13.2. The highest BCUT2D eigenvalue weighted by molar-refractivity contribution is 5.69. The summed E-state index contributed by atoms with van der Waals surface area (Å²) >= 11 is 0. The Hall–Kier alpha value is -0.530. The van der Waals surface area contributed by atoms with Gasteiger partial charge in [-0.3, -0.25) is 4.79 Å². The van der Waals surface area contributed by atoms with Crippen LogP contribution in [0.15, 0.2) is 0 Å². The number of carbonyl (C=O) groups excluding carboxylic acids is 1. The number of unbranched alkanes of at least 4 members (excludes halogenated alkanes) is 15. The molecule has 0 fully saturated rings. The molecule has 0 radical (unpaired) electrons. The first-order valence-electron chi connectivity index (χ1n) is 12.3. The topological polar surface area (TPSA) is 26.3 Å². The zero-order chi connectivity index (χ0) is 20.0. The predicted octanol–water partition coefficient (Wildman–Crippen LogP) is 8.62. The third-order valence-corrected chi connectivity index (χ3v) is 5.42. The summed E-state index contributed by atoms with van der Waals surface area (Å²) in [7, 11) is 0. The molecular formula is C25H50O2. The second kappa shape index (κ2) is 21.8. The third kappa shape index (κ3) is 23.4. The first kappa shape index (κ1) is 26.5. The van der Waals surface area contributed by atoms with Gasteiger partial charge in [0.25, 0.3) is 0 Å². The van der Waals surface area contributed by atoms with E-state index >= 15 is 0 Å². The van der Waals surface area contributed by atoms with Crippen LogP contribution in [0.5, 0.6) is 0 Å². The zero-order valence-electron chi connectivity index (χ0n) is 19.0. The van der Waals surface area contributed by atoms with E-state index in [1.165, 1.54) is 103 Å². The Morgan fingerprint density at radius 1 is 0.630 bits per heavy atom. The number of hydrogen-bond donors (Lipinski definition) is 0. The molecule has 0 aromatic heterocycles. The minimum absolute atomic E-state index is 0.0118. The lowest BCUT2D eigenvalue weighted by molar-refractivity contribution is -0.143. The summed E-state index contributed by atoms with van der Waals surface area (Å²) < 4.78 is 5.35. The molecule has 0 heterocycles. The van der Waals surface area contributed by atoms with E-state index in [0.717, 1.165) is 18.8 Å². The maximum absolute atomic E-state index is 11.7. The summed E-state index contributed by atoms with van der Waals surface area (Å²) in [4.78, 5) is 11.7. The van der Waals surface area contributed by atoms with Crippen molar-refractivity contribution in [3.05, 3.63) is 0 Å². The summed E-state index contributed by atoms with van der Waals surface area (Å²) in [5.41, 5.74) is 0. The van der Waals surface area contributed by atoms with Crippen LogP contribution in [0.3, 0.4) is 0 Å². The Bertz CT molecular complexity index is 299. The number of ether oxygens (including phenoxy) is 1. The van der Waals surface area contributed by atoms with Crippen LogP contribution in [0.1, 0.15) is 143 Å². The molecule has 162 valence electrons. The Kier molecular flexibility index (Phi) is 21.3. The van der Waals surface area contributed by atoms with E-state index in [0.29, 0.717) is 13.0 Å². The molecule has 0 saturated heterocycles. The minimum Gasteiger partial charge on any atom is -0.466 e. The monoisotopic (exact) mass is 382 g/mol. The van der Waals surface area contributed by atoms with Crippen LogP contribution < -0.4 is 0 Å². The van der Waals surface area contributed by atoms with Gasteiger partial charge in [0.1, 0.15) is 0 Å². The maximum atomic E-state index is 11.7. The average Bonchev–Trinajstić information content (AvgIpc) is 2.64. The average molecular weight is 383 g/mol. The molecule has 0 rings (SSSR count). The van der Waals surface area contributed by atoms with E-state index in [2.05, 4.69) is 20.8 Å². The number of carbonyl (C=O) groups is 1. The van der Waals surface area contributed by atoms with E-state index in [1.807, 2.05) is 0 Å². The van der Waals surface area contributed by atoms with Gasteiger partial charge in [0, 0.05) is 6.42 Å².